The molecule has 2 rings (SSSR count). The first-order chi connectivity index (χ1) is 8.90. The van der Waals surface area contributed by atoms with Crippen LogP contribution in [0.3, 0.4) is 0 Å². The lowest BCUT2D eigenvalue weighted by molar-refractivity contribution is 0.221. The Morgan fingerprint density at radius 1 is 1.21 bits per heavy atom. The summed E-state index contributed by atoms with van der Waals surface area (Å²) in [5, 5.41) is 1.37. The van der Waals surface area contributed by atoms with Crippen LogP contribution in [-0.4, -0.2) is 18.5 Å². The monoisotopic (exact) mass is 276 g/mol. The minimum absolute atomic E-state index is 0.323. The lowest BCUT2D eigenvalue weighted by Gasteiger charge is -2.26. The van der Waals surface area contributed by atoms with Gasteiger partial charge in [-0.05, 0) is 29.5 Å². The predicted octanol–water partition coefficient (Wildman–Crippen LogP) is 3.84. The van der Waals surface area contributed by atoms with Crippen LogP contribution in [0.2, 0.25) is 0 Å². The van der Waals surface area contributed by atoms with Crippen molar-refractivity contribution >= 4 is 21.4 Å². The molecular formula is C16H24N2S. The highest BCUT2D eigenvalue weighted by Gasteiger charge is 2.17. The lowest BCUT2D eigenvalue weighted by Crippen LogP contribution is -2.29. The number of nitrogens with zero attached hydrogens (tertiary/aromatic N) is 1. The first-order valence-electron chi connectivity index (χ1n) is 6.78. The number of fused-ring (bicyclic) bond motifs is 1. The van der Waals surface area contributed by atoms with E-state index in [1.807, 2.05) is 11.3 Å². The minimum Gasteiger partial charge on any atom is -0.326 e. The van der Waals surface area contributed by atoms with Gasteiger partial charge in [0.1, 0.15) is 0 Å². The fraction of sp³-hybridized carbons (Fsp3) is 0.500. The molecule has 104 valence electrons. The highest BCUT2D eigenvalue weighted by molar-refractivity contribution is 7.19. The molecular weight excluding hydrogens is 252 g/mol. The Labute approximate surface area is 120 Å². The van der Waals surface area contributed by atoms with E-state index in [0.717, 1.165) is 13.1 Å². The van der Waals surface area contributed by atoms with Crippen LogP contribution in [0.15, 0.2) is 24.3 Å². The minimum atomic E-state index is 0.323. The molecule has 0 amide bonds. The molecule has 1 heterocycles. The molecule has 2 nitrogen and oxygen atoms in total. The summed E-state index contributed by atoms with van der Waals surface area (Å²) in [6.45, 7) is 9.53. The Balaban J connectivity index is 2.28. The zero-order valence-corrected chi connectivity index (χ0v) is 13.2. The summed E-state index contributed by atoms with van der Waals surface area (Å²) in [5.41, 5.74) is 7.64. The van der Waals surface area contributed by atoms with Gasteiger partial charge in [-0.15, -0.1) is 11.3 Å². The van der Waals surface area contributed by atoms with Crippen molar-refractivity contribution in [1.29, 1.82) is 0 Å². The van der Waals surface area contributed by atoms with Crippen molar-refractivity contribution in [3.8, 4) is 0 Å². The number of thiophene rings is 1. The summed E-state index contributed by atoms with van der Waals surface area (Å²) >= 11 is 1.83. The Bertz CT molecular complexity index is 551. The van der Waals surface area contributed by atoms with Gasteiger partial charge in [-0.25, -0.2) is 0 Å². The van der Waals surface area contributed by atoms with Gasteiger partial charge >= 0.3 is 0 Å². The van der Waals surface area contributed by atoms with Crippen LogP contribution < -0.4 is 5.73 Å². The third kappa shape index (κ3) is 3.56. The number of nitrogens with two attached hydrogens (primary N) is 1. The average Bonchev–Trinajstić information content (AvgIpc) is 2.65. The van der Waals surface area contributed by atoms with Gasteiger partial charge in [0.2, 0.25) is 0 Å². The van der Waals surface area contributed by atoms with E-state index in [4.69, 9.17) is 5.73 Å². The predicted molar refractivity (Wildman–Crippen MR) is 85.5 cm³/mol. The van der Waals surface area contributed by atoms with E-state index in [1.54, 1.807) is 0 Å². The van der Waals surface area contributed by atoms with Gasteiger partial charge in [0, 0.05) is 29.2 Å². The molecule has 0 saturated heterocycles. The van der Waals surface area contributed by atoms with Gasteiger partial charge < -0.3 is 10.6 Å². The van der Waals surface area contributed by atoms with Crippen molar-refractivity contribution in [3.63, 3.8) is 0 Å². The third-order valence-electron chi connectivity index (χ3n) is 3.14. The molecule has 2 N–H and O–H groups in total. The molecule has 0 bridgehead atoms. The fourth-order valence-electron chi connectivity index (χ4n) is 2.62. The van der Waals surface area contributed by atoms with E-state index in [9.17, 15) is 0 Å². The van der Waals surface area contributed by atoms with E-state index in [-0.39, 0.29) is 0 Å². The molecule has 0 fully saturated rings. The molecule has 19 heavy (non-hydrogen) atoms. The molecule has 1 aromatic heterocycles. The van der Waals surface area contributed by atoms with E-state index < -0.39 is 0 Å². The van der Waals surface area contributed by atoms with Gasteiger partial charge in [-0.1, -0.05) is 39.0 Å². The Hall–Kier alpha value is -0.900. The summed E-state index contributed by atoms with van der Waals surface area (Å²) in [6.07, 6.45) is 0. The second kappa shape index (κ2) is 5.61. The molecule has 3 heteroatoms. The smallest absolute Gasteiger partial charge is 0.0349 e. The number of rotatable bonds is 4. The molecule has 0 atom stereocenters. The second-order valence-electron chi connectivity index (χ2n) is 6.44. The third-order valence-corrected chi connectivity index (χ3v) is 4.37. The number of hydrogen-bond donors (Lipinski definition) is 1. The number of hydrogen-bond acceptors (Lipinski definition) is 3. The topological polar surface area (TPSA) is 29.3 Å². The van der Waals surface area contributed by atoms with E-state index in [1.165, 1.54) is 20.5 Å². The largest absolute Gasteiger partial charge is 0.326 e. The molecule has 0 saturated carbocycles. The maximum Gasteiger partial charge on any atom is 0.0349 e. The maximum atomic E-state index is 5.91. The summed E-state index contributed by atoms with van der Waals surface area (Å²) in [5.74, 6) is 0. The molecule has 0 aliphatic rings. The molecule has 0 spiro atoms. The molecule has 0 unspecified atom stereocenters. The van der Waals surface area contributed by atoms with E-state index in [0.29, 0.717) is 12.0 Å². The van der Waals surface area contributed by atoms with Gasteiger partial charge in [-0.2, -0.15) is 0 Å². The molecule has 0 radical (unpaired) electrons. The molecule has 0 aliphatic carbocycles. The van der Waals surface area contributed by atoms with E-state index in [2.05, 4.69) is 57.0 Å². The Kier molecular flexibility index (Phi) is 4.29. The Morgan fingerprint density at radius 2 is 1.89 bits per heavy atom. The van der Waals surface area contributed by atoms with Crippen LogP contribution in [0.4, 0.5) is 0 Å². The van der Waals surface area contributed by atoms with Gasteiger partial charge in [0.05, 0.1) is 0 Å². The van der Waals surface area contributed by atoms with Crippen molar-refractivity contribution in [2.24, 2.45) is 11.1 Å². The Morgan fingerprint density at radius 3 is 2.53 bits per heavy atom. The van der Waals surface area contributed by atoms with Crippen LogP contribution in [0.5, 0.6) is 0 Å². The quantitative estimate of drug-likeness (QED) is 0.919. The van der Waals surface area contributed by atoms with Crippen LogP contribution in [0.25, 0.3) is 10.1 Å². The number of benzene rings is 1. The van der Waals surface area contributed by atoms with Crippen LogP contribution in [-0.2, 0) is 13.1 Å². The zero-order valence-electron chi connectivity index (χ0n) is 12.4. The standard InChI is InChI=1S/C16H24N2S/c1-16(2,3)11-18(4)10-13-12-7-5-6-8-14(12)19-15(13)9-17/h5-8H,9-11,17H2,1-4H3. The summed E-state index contributed by atoms with van der Waals surface area (Å²) in [4.78, 5) is 3.72. The van der Waals surface area contributed by atoms with Crippen molar-refractivity contribution < 1.29 is 0 Å². The van der Waals surface area contributed by atoms with E-state index >= 15 is 0 Å². The SMILES string of the molecule is CN(Cc1c(CN)sc2ccccc12)CC(C)(C)C. The lowest BCUT2D eigenvalue weighted by atomic mass is 9.96. The van der Waals surface area contributed by atoms with Crippen molar-refractivity contribution in [1.82, 2.24) is 4.90 Å². The molecule has 0 aliphatic heterocycles. The first kappa shape index (κ1) is 14.5. The summed E-state index contributed by atoms with van der Waals surface area (Å²) < 4.78 is 1.35. The average molecular weight is 276 g/mol. The van der Waals surface area contributed by atoms with Gasteiger partial charge in [0.25, 0.3) is 0 Å². The highest BCUT2D eigenvalue weighted by Crippen LogP contribution is 2.32. The van der Waals surface area contributed by atoms with Crippen molar-refractivity contribution in [3.05, 3.63) is 34.7 Å². The first-order valence-corrected chi connectivity index (χ1v) is 7.60. The fourth-order valence-corrected chi connectivity index (χ4v) is 3.72. The highest BCUT2D eigenvalue weighted by atomic mass is 32.1. The molecule has 1 aromatic carbocycles. The van der Waals surface area contributed by atoms with Crippen LogP contribution >= 0.6 is 11.3 Å². The second-order valence-corrected chi connectivity index (χ2v) is 7.57. The van der Waals surface area contributed by atoms with Crippen molar-refractivity contribution in [2.75, 3.05) is 13.6 Å². The summed E-state index contributed by atoms with van der Waals surface area (Å²) in [7, 11) is 2.19. The normalized spacial score (nSPS) is 12.5. The van der Waals surface area contributed by atoms with Gasteiger partial charge in [0.15, 0.2) is 0 Å². The maximum absolute atomic E-state index is 5.91. The zero-order chi connectivity index (χ0) is 14.0. The molecule has 2 aromatic rings. The van der Waals surface area contributed by atoms with Crippen LogP contribution in [0.1, 0.15) is 31.2 Å². The van der Waals surface area contributed by atoms with Crippen LogP contribution in [0, 0.1) is 5.41 Å². The van der Waals surface area contributed by atoms with Crippen molar-refractivity contribution in [2.45, 2.75) is 33.9 Å². The summed E-state index contributed by atoms with van der Waals surface area (Å²) in [6, 6.07) is 8.61. The van der Waals surface area contributed by atoms with Gasteiger partial charge in [-0.3, -0.25) is 0 Å².